The molecular formula is C2H5I3Ni. The smallest absolute Gasteiger partial charge is 0 e. The molecule has 0 aromatic carbocycles. The van der Waals surface area contributed by atoms with Crippen LogP contribution in [-0.2, 0) is 16.5 Å². The summed E-state index contributed by atoms with van der Waals surface area (Å²) in [6.07, 6.45) is 0. The van der Waals surface area contributed by atoms with Crippen molar-refractivity contribution in [3.8, 4) is 0 Å². The molecule has 0 N–H and O–H groups in total. The molecule has 0 atom stereocenters. The van der Waals surface area contributed by atoms with E-state index in [9.17, 15) is 0 Å². The molecule has 0 saturated heterocycles. The molecule has 0 nitrogen and oxygen atoms in total. The summed E-state index contributed by atoms with van der Waals surface area (Å²) in [6, 6.07) is 0. The SMILES string of the molecule is C1=C[IH][IH][IH]1.[Ni]. The van der Waals surface area contributed by atoms with Crippen molar-refractivity contribution >= 4 is 47.7 Å². The quantitative estimate of drug-likeness (QED) is 0.379. The molecule has 1 aliphatic rings. The summed E-state index contributed by atoms with van der Waals surface area (Å²) in [6.45, 7) is 0. The van der Waals surface area contributed by atoms with E-state index in [0.717, 1.165) is 13.3 Å². The molecule has 4 heteroatoms. The van der Waals surface area contributed by atoms with Crippen molar-refractivity contribution in [3.05, 3.63) is 8.17 Å². The van der Waals surface area contributed by atoms with Crippen LogP contribution in [0, 0.1) is 0 Å². The second kappa shape index (κ2) is 5.56. The van der Waals surface area contributed by atoms with E-state index in [1.807, 2.05) is 0 Å². The molecule has 0 saturated carbocycles. The predicted molar refractivity (Wildman–Crippen MR) is 55.4 cm³/mol. The van der Waals surface area contributed by atoms with Crippen LogP contribution in [0.5, 0.6) is 0 Å². The normalized spacial score (nSPS) is 21.3. The molecule has 0 radical (unpaired) electrons. The van der Waals surface area contributed by atoms with Gasteiger partial charge in [0.1, 0.15) is 0 Å². The molecule has 0 aromatic rings. The summed E-state index contributed by atoms with van der Waals surface area (Å²) < 4.78 is 4.96. The number of hydrogen-bond acceptors (Lipinski definition) is 0. The first-order valence-electron chi connectivity index (χ1n) is 1.14. The maximum Gasteiger partial charge on any atom is 0 e. The fraction of sp³-hybridized carbons (Fsp3) is 0. The Morgan fingerprint density at radius 1 is 1.00 bits per heavy atom. The van der Waals surface area contributed by atoms with E-state index in [0.29, 0.717) is 34.5 Å². The molecular weight excluding hydrogens is 463 g/mol. The van der Waals surface area contributed by atoms with Gasteiger partial charge in [0, 0.05) is 16.5 Å². The van der Waals surface area contributed by atoms with Crippen LogP contribution in [0.15, 0.2) is 8.17 Å². The van der Waals surface area contributed by atoms with Gasteiger partial charge in [-0.3, -0.25) is 0 Å². The molecule has 0 aliphatic carbocycles. The van der Waals surface area contributed by atoms with Gasteiger partial charge in [0.2, 0.25) is 0 Å². The van der Waals surface area contributed by atoms with E-state index < -0.39 is 0 Å². The molecule has 1 aliphatic heterocycles. The standard InChI is InChI=1S/C2H5I3.Ni/c1-2-4-5-3-1;/h1-5H;. The third-order valence-electron chi connectivity index (χ3n) is 0.245. The van der Waals surface area contributed by atoms with Crippen molar-refractivity contribution in [2.24, 2.45) is 0 Å². The Bertz CT molecular complexity index is 46.8. The van der Waals surface area contributed by atoms with Gasteiger partial charge in [-0.15, -0.1) is 0 Å². The average molecular weight is 468 g/mol. The van der Waals surface area contributed by atoms with Gasteiger partial charge < -0.3 is 0 Å². The first-order chi connectivity index (χ1) is 2.50. The van der Waals surface area contributed by atoms with E-state index in [-0.39, 0.29) is 16.5 Å². The monoisotopic (exact) mass is 468 g/mol. The minimum absolute atomic E-state index is 0. The Morgan fingerprint density at radius 3 is 1.67 bits per heavy atom. The zero-order valence-electron chi connectivity index (χ0n) is 2.70. The molecule has 1 rings (SSSR count). The topological polar surface area (TPSA) is 0 Å². The number of halogens is 3. The van der Waals surface area contributed by atoms with Crippen molar-refractivity contribution in [2.75, 3.05) is 0 Å². The van der Waals surface area contributed by atoms with Crippen LogP contribution in [0.25, 0.3) is 0 Å². The minimum atomic E-state index is 0. The zero-order valence-corrected chi connectivity index (χ0v) is 10.7. The van der Waals surface area contributed by atoms with E-state index in [1.165, 1.54) is 0 Å². The Hall–Kier alpha value is 2.42. The number of hydrogen-bond donors (Lipinski definition) is 0. The molecule has 0 spiro atoms. The van der Waals surface area contributed by atoms with Gasteiger partial charge in [-0.05, 0) is 0 Å². The first-order valence-corrected chi connectivity index (χ1v) is 18.5. The van der Waals surface area contributed by atoms with Crippen LogP contribution >= 0.6 is 47.7 Å². The molecule has 6 heavy (non-hydrogen) atoms. The van der Waals surface area contributed by atoms with Gasteiger partial charge >= 0.3 is 55.9 Å². The molecule has 0 amide bonds. The maximum absolute atomic E-state index is 2.48. The fourth-order valence-electron chi connectivity index (χ4n) is 0.113. The van der Waals surface area contributed by atoms with E-state index in [4.69, 9.17) is 0 Å². The summed E-state index contributed by atoms with van der Waals surface area (Å²) >= 11 is 1.98. The summed E-state index contributed by atoms with van der Waals surface area (Å²) in [5.74, 6) is 0. The van der Waals surface area contributed by atoms with Crippen molar-refractivity contribution in [2.45, 2.75) is 0 Å². The fourth-order valence-corrected chi connectivity index (χ4v) is 34.2. The Morgan fingerprint density at radius 2 is 1.50 bits per heavy atom. The van der Waals surface area contributed by atoms with Crippen LogP contribution in [0.4, 0.5) is 0 Å². The van der Waals surface area contributed by atoms with E-state index >= 15 is 0 Å². The molecule has 0 bridgehead atoms. The van der Waals surface area contributed by atoms with Crippen molar-refractivity contribution in [1.29, 1.82) is 0 Å². The van der Waals surface area contributed by atoms with Crippen LogP contribution in [0.1, 0.15) is 0 Å². The minimum Gasteiger partial charge on any atom is 0 e. The van der Waals surface area contributed by atoms with Crippen molar-refractivity contribution < 1.29 is 16.5 Å². The summed E-state index contributed by atoms with van der Waals surface area (Å²) in [7, 11) is 0. The molecule has 44 valence electrons. The second-order valence-corrected chi connectivity index (χ2v) is 31.0. The largest absolute Gasteiger partial charge is 0 e. The van der Waals surface area contributed by atoms with Crippen molar-refractivity contribution in [3.63, 3.8) is 0 Å². The summed E-state index contributed by atoms with van der Waals surface area (Å²) in [4.78, 5) is 0. The first kappa shape index (κ1) is 8.42. The summed E-state index contributed by atoms with van der Waals surface area (Å²) in [5.41, 5.74) is 0. The van der Waals surface area contributed by atoms with Gasteiger partial charge in [0.05, 0.1) is 0 Å². The van der Waals surface area contributed by atoms with Crippen molar-refractivity contribution in [1.82, 2.24) is 0 Å². The van der Waals surface area contributed by atoms with Gasteiger partial charge in [-0.2, -0.15) is 0 Å². The van der Waals surface area contributed by atoms with Crippen LogP contribution in [0.3, 0.4) is 0 Å². The Labute approximate surface area is 70.7 Å². The van der Waals surface area contributed by atoms with Crippen LogP contribution in [0.2, 0.25) is 0 Å². The Balaban J connectivity index is 0.000000250. The summed E-state index contributed by atoms with van der Waals surface area (Å²) in [5, 5.41) is 0. The molecule has 0 unspecified atom stereocenters. The van der Waals surface area contributed by atoms with Crippen LogP contribution in [-0.4, -0.2) is 0 Å². The van der Waals surface area contributed by atoms with Gasteiger partial charge in [0.15, 0.2) is 0 Å². The van der Waals surface area contributed by atoms with E-state index in [2.05, 4.69) is 8.17 Å². The molecule has 1 heterocycles. The predicted octanol–water partition coefficient (Wildman–Crippen LogP) is 2.41. The van der Waals surface area contributed by atoms with Gasteiger partial charge in [-0.1, -0.05) is 0 Å². The number of rotatable bonds is 0. The Kier molecular flexibility index (Phi) is 7.80. The molecule has 0 fully saturated rings. The van der Waals surface area contributed by atoms with Gasteiger partial charge in [0.25, 0.3) is 0 Å². The van der Waals surface area contributed by atoms with Gasteiger partial charge in [-0.25, -0.2) is 0 Å². The van der Waals surface area contributed by atoms with Crippen LogP contribution < -0.4 is 0 Å². The second-order valence-electron chi connectivity index (χ2n) is 0.533. The van der Waals surface area contributed by atoms with E-state index in [1.54, 1.807) is 0 Å². The third-order valence-corrected chi connectivity index (χ3v) is 31.2. The molecule has 0 aromatic heterocycles. The zero-order chi connectivity index (χ0) is 3.54. The third kappa shape index (κ3) is 3.43. The average Bonchev–Trinajstić information content (AvgIpc) is 1.76. The maximum atomic E-state index is 2.48.